The van der Waals surface area contributed by atoms with E-state index in [0.717, 1.165) is 0 Å². The van der Waals surface area contributed by atoms with E-state index in [9.17, 15) is 0 Å². The van der Waals surface area contributed by atoms with Gasteiger partial charge in [-0.15, -0.1) is 5.73 Å². The Morgan fingerprint density at radius 1 is 1.13 bits per heavy atom. The van der Waals surface area contributed by atoms with Crippen LogP contribution in [0.1, 0.15) is 18.1 Å². The second-order valence-electron chi connectivity index (χ2n) is 3.86. The van der Waals surface area contributed by atoms with Crippen LogP contribution in [0.4, 0.5) is 0 Å². The van der Waals surface area contributed by atoms with Crippen LogP contribution in [0.15, 0.2) is 59.9 Å². The molecule has 0 atom stereocenters. The zero-order valence-electron chi connectivity index (χ0n) is 9.12. The summed E-state index contributed by atoms with van der Waals surface area (Å²) in [7, 11) is 0. The minimum absolute atomic E-state index is 1.22. The first-order valence-electron chi connectivity index (χ1n) is 5.14. The summed E-state index contributed by atoms with van der Waals surface area (Å²) in [6, 6.07) is 8.54. The van der Waals surface area contributed by atoms with Gasteiger partial charge in [0.2, 0.25) is 0 Å². The molecule has 0 heteroatoms. The molecule has 15 heavy (non-hydrogen) atoms. The lowest BCUT2D eigenvalue weighted by molar-refractivity contribution is 1.44. The Kier molecular flexibility index (Phi) is 2.71. The van der Waals surface area contributed by atoms with Crippen molar-refractivity contribution in [1.29, 1.82) is 0 Å². The summed E-state index contributed by atoms with van der Waals surface area (Å²) in [5.41, 5.74) is 8.18. The first-order valence-corrected chi connectivity index (χ1v) is 5.14. The second kappa shape index (κ2) is 4.16. The molecule has 0 radical (unpaired) electrons. The highest BCUT2D eigenvalue weighted by Crippen LogP contribution is 2.20. The largest absolute Gasteiger partial charge is 0.120 e. The first-order chi connectivity index (χ1) is 7.25. The van der Waals surface area contributed by atoms with Crippen LogP contribution in [-0.2, 0) is 0 Å². The molecule has 0 saturated heterocycles. The molecule has 0 unspecified atom stereocenters. The molecule has 0 spiro atoms. The van der Waals surface area contributed by atoms with Gasteiger partial charge in [0.15, 0.2) is 0 Å². The van der Waals surface area contributed by atoms with Crippen LogP contribution in [-0.4, -0.2) is 0 Å². The Hall–Kier alpha value is -1.78. The van der Waals surface area contributed by atoms with Crippen molar-refractivity contribution in [3.8, 4) is 0 Å². The molecule has 0 amide bonds. The average molecular weight is 194 g/mol. The molecule has 1 aliphatic carbocycles. The van der Waals surface area contributed by atoms with Crippen molar-refractivity contribution in [1.82, 2.24) is 0 Å². The lowest BCUT2D eigenvalue weighted by Gasteiger charge is -2.03. The lowest BCUT2D eigenvalue weighted by atomic mass is 10.0. The summed E-state index contributed by atoms with van der Waals surface area (Å²) in [6.45, 7) is 4.22. The van der Waals surface area contributed by atoms with Gasteiger partial charge in [-0.2, -0.15) is 0 Å². The van der Waals surface area contributed by atoms with Crippen LogP contribution in [0.5, 0.6) is 0 Å². The number of hydrogen-bond donors (Lipinski definition) is 0. The van der Waals surface area contributed by atoms with Crippen molar-refractivity contribution in [2.75, 3.05) is 0 Å². The molecular weight excluding hydrogens is 180 g/mol. The summed E-state index contributed by atoms with van der Waals surface area (Å²) in [5, 5.41) is 0. The molecular formula is C15H14. The highest BCUT2D eigenvalue weighted by Gasteiger charge is 1.99. The number of allylic oxidation sites excluding steroid dienone is 5. The maximum atomic E-state index is 3.15. The fraction of sp³-hybridized carbons (Fsp3) is 0.133. The molecule has 0 heterocycles. The molecule has 0 saturated carbocycles. The Morgan fingerprint density at radius 3 is 2.80 bits per heavy atom. The van der Waals surface area contributed by atoms with Gasteiger partial charge < -0.3 is 0 Å². The van der Waals surface area contributed by atoms with Crippen molar-refractivity contribution in [2.24, 2.45) is 0 Å². The maximum absolute atomic E-state index is 3.15. The van der Waals surface area contributed by atoms with E-state index in [2.05, 4.69) is 56.0 Å². The maximum Gasteiger partial charge on any atom is -0.0104 e. The van der Waals surface area contributed by atoms with Gasteiger partial charge in [-0.25, -0.2) is 0 Å². The third kappa shape index (κ3) is 2.37. The molecule has 1 aliphatic rings. The number of aryl methyl sites for hydroxylation is 1. The van der Waals surface area contributed by atoms with Gasteiger partial charge in [0.05, 0.1) is 0 Å². The van der Waals surface area contributed by atoms with Crippen molar-refractivity contribution in [3.05, 3.63) is 71.0 Å². The van der Waals surface area contributed by atoms with Crippen molar-refractivity contribution in [2.45, 2.75) is 13.8 Å². The summed E-state index contributed by atoms with van der Waals surface area (Å²) in [4.78, 5) is 0. The van der Waals surface area contributed by atoms with E-state index in [4.69, 9.17) is 0 Å². The van der Waals surface area contributed by atoms with Crippen LogP contribution in [0.2, 0.25) is 0 Å². The second-order valence-corrected chi connectivity index (χ2v) is 3.86. The minimum atomic E-state index is 1.22. The molecule has 0 aromatic heterocycles. The SMILES string of the molecule is CC1=CC=C=CC(c2cccc(C)c2)=C1. The number of rotatable bonds is 1. The number of benzene rings is 1. The van der Waals surface area contributed by atoms with E-state index in [1.165, 1.54) is 22.3 Å². The van der Waals surface area contributed by atoms with Crippen molar-refractivity contribution >= 4 is 5.57 Å². The quantitative estimate of drug-likeness (QED) is 0.592. The molecule has 0 nitrogen and oxygen atoms in total. The van der Waals surface area contributed by atoms with Gasteiger partial charge in [-0.1, -0.05) is 42.0 Å². The van der Waals surface area contributed by atoms with E-state index >= 15 is 0 Å². The van der Waals surface area contributed by atoms with Crippen molar-refractivity contribution < 1.29 is 0 Å². The predicted octanol–water partition coefficient (Wildman–Crippen LogP) is 4.05. The van der Waals surface area contributed by atoms with E-state index in [0.29, 0.717) is 0 Å². The van der Waals surface area contributed by atoms with Crippen LogP contribution in [0, 0.1) is 6.92 Å². The molecule has 1 aromatic carbocycles. The Labute approximate surface area is 91.0 Å². The fourth-order valence-electron chi connectivity index (χ4n) is 1.64. The Bertz CT molecular complexity index is 493. The normalized spacial score (nSPS) is 14.5. The van der Waals surface area contributed by atoms with Gasteiger partial charge in [-0.05, 0) is 42.7 Å². The average Bonchev–Trinajstić information content (AvgIpc) is 2.43. The predicted molar refractivity (Wildman–Crippen MR) is 65.6 cm³/mol. The van der Waals surface area contributed by atoms with Crippen LogP contribution >= 0.6 is 0 Å². The Balaban J connectivity index is 2.48. The third-order valence-corrected chi connectivity index (χ3v) is 2.42. The van der Waals surface area contributed by atoms with Gasteiger partial charge >= 0.3 is 0 Å². The zero-order chi connectivity index (χ0) is 10.7. The topological polar surface area (TPSA) is 0 Å². The summed E-state index contributed by atoms with van der Waals surface area (Å²) < 4.78 is 0. The zero-order valence-corrected chi connectivity index (χ0v) is 9.12. The van der Waals surface area contributed by atoms with E-state index in [1.807, 2.05) is 12.2 Å². The minimum Gasteiger partial charge on any atom is -0.120 e. The molecule has 1 aromatic rings. The third-order valence-electron chi connectivity index (χ3n) is 2.42. The smallest absolute Gasteiger partial charge is 0.0104 e. The van der Waals surface area contributed by atoms with E-state index in [-0.39, 0.29) is 0 Å². The van der Waals surface area contributed by atoms with Gasteiger partial charge in [-0.3, -0.25) is 0 Å². The Morgan fingerprint density at radius 2 is 2.00 bits per heavy atom. The lowest BCUT2D eigenvalue weighted by Crippen LogP contribution is -1.82. The van der Waals surface area contributed by atoms with Crippen LogP contribution < -0.4 is 0 Å². The summed E-state index contributed by atoms with van der Waals surface area (Å²) in [5.74, 6) is 0. The monoisotopic (exact) mass is 194 g/mol. The van der Waals surface area contributed by atoms with Gasteiger partial charge in [0.1, 0.15) is 0 Å². The molecule has 0 N–H and O–H groups in total. The van der Waals surface area contributed by atoms with Crippen LogP contribution in [0.25, 0.3) is 5.57 Å². The molecule has 2 rings (SSSR count). The molecule has 0 bridgehead atoms. The fourth-order valence-corrected chi connectivity index (χ4v) is 1.64. The van der Waals surface area contributed by atoms with Crippen molar-refractivity contribution in [3.63, 3.8) is 0 Å². The highest BCUT2D eigenvalue weighted by molar-refractivity contribution is 5.76. The summed E-state index contributed by atoms with van der Waals surface area (Å²) >= 11 is 0. The van der Waals surface area contributed by atoms with Gasteiger partial charge in [0, 0.05) is 0 Å². The number of hydrogen-bond acceptors (Lipinski definition) is 0. The summed E-state index contributed by atoms with van der Waals surface area (Å²) in [6.07, 6.45) is 8.24. The molecule has 74 valence electrons. The highest BCUT2D eigenvalue weighted by atomic mass is 14.0. The van der Waals surface area contributed by atoms with Gasteiger partial charge in [0.25, 0.3) is 0 Å². The molecule has 0 aliphatic heterocycles. The first kappa shape index (κ1) is 9.76. The van der Waals surface area contributed by atoms with E-state index < -0.39 is 0 Å². The molecule has 0 fully saturated rings. The van der Waals surface area contributed by atoms with E-state index in [1.54, 1.807) is 0 Å². The van der Waals surface area contributed by atoms with Crippen LogP contribution in [0.3, 0.4) is 0 Å². The standard InChI is InChI=1S/C15H14/c1-12-6-3-4-8-14(10-12)15-9-5-7-13(2)11-15/h3,5-11H,1-2H3.